The Morgan fingerprint density at radius 2 is 2.19 bits per heavy atom. The van der Waals surface area contributed by atoms with E-state index in [2.05, 4.69) is 21.8 Å². The zero-order chi connectivity index (χ0) is 15.1. The van der Waals surface area contributed by atoms with E-state index in [0.717, 1.165) is 44.6 Å². The molecule has 1 aliphatic rings. The minimum atomic E-state index is -0.705. The normalized spacial score (nSPS) is 16.0. The van der Waals surface area contributed by atoms with Gasteiger partial charge in [-0.2, -0.15) is 4.98 Å². The standard InChI is InChI=1S/C15H23N3O3/c1-2-9-21-14-11-16-10-13(17-14)18-7-5-12(6-8-18)3-4-15(19)20/h10-12H,2-9H2,1H3,(H,19,20). The van der Waals surface area contributed by atoms with Crippen molar-refractivity contribution >= 4 is 11.8 Å². The van der Waals surface area contributed by atoms with E-state index in [-0.39, 0.29) is 6.42 Å². The van der Waals surface area contributed by atoms with Gasteiger partial charge in [0.1, 0.15) is 0 Å². The van der Waals surface area contributed by atoms with Crippen LogP contribution in [0.2, 0.25) is 0 Å². The van der Waals surface area contributed by atoms with Gasteiger partial charge in [0.25, 0.3) is 0 Å². The van der Waals surface area contributed by atoms with Crippen molar-refractivity contribution in [1.29, 1.82) is 0 Å². The lowest BCUT2D eigenvalue weighted by Gasteiger charge is -2.32. The van der Waals surface area contributed by atoms with Gasteiger partial charge in [-0.3, -0.25) is 9.78 Å². The molecule has 0 atom stereocenters. The van der Waals surface area contributed by atoms with E-state index >= 15 is 0 Å². The highest BCUT2D eigenvalue weighted by Gasteiger charge is 2.21. The fourth-order valence-corrected chi connectivity index (χ4v) is 2.55. The fraction of sp³-hybridized carbons (Fsp3) is 0.667. The van der Waals surface area contributed by atoms with Crippen molar-refractivity contribution in [3.05, 3.63) is 12.4 Å². The average molecular weight is 293 g/mol. The number of nitrogens with zero attached hydrogens (tertiary/aromatic N) is 3. The first kappa shape index (κ1) is 15.5. The topological polar surface area (TPSA) is 75.5 Å². The quantitative estimate of drug-likeness (QED) is 0.831. The third-order valence-corrected chi connectivity index (χ3v) is 3.76. The van der Waals surface area contributed by atoms with Crippen molar-refractivity contribution in [3.8, 4) is 5.88 Å². The van der Waals surface area contributed by atoms with Crippen molar-refractivity contribution in [2.24, 2.45) is 5.92 Å². The molecule has 0 spiro atoms. The summed E-state index contributed by atoms with van der Waals surface area (Å²) in [5.41, 5.74) is 0. The van der Waals surface area contributed by atoms with E-state index in [0.29, 0.717) is 18.4 Å². The lowest BCUT2D eigenvalue weighted by Crippen LogP contribution is -2.34. The summed E-state index contributed by atoms with van der Waals surface area (Å²) in [6, 6.07) is 0. The number of aromatic nitrogens is 2. The van der Waals surface area contributed by atoms with Crippen LogP contribution in [0.25, 0.3) is 0 Å². The Balaban J connectivity index is 1.85. The SMILES string of the molecule is CCCOc1cncc(N2CCC(CCC(=O)O)CC2)n1. The lowest BCUT2D eigenvalue weighted by atomic mass is 9.92. The molecule has 6 nitrogen and oxygen atoms in total. The van der Waals surface area contributed by atoms with Gasteiger partial charge in [-0.15, -0.1) is 0 Å². The molecule has 2 rings (SSSR count). The minimum absolute atomic E-state index is 0.269. The van der Waals surface area contributed by atoms with Crippen molar-refractivity contribution in [2.45, 2.75) is 39.0 Å². The number of carboxylic acid groups (broad SMARTS) is 1. The maximum absolute atomic E-state index is 10.6. The van der Waals surface area contributed by atoms with Crippen LogP contribution in [-0.2, 0) is 4.79 Å². The maximum atomic E-state index is 10.6. The maximum Gasteiger partial charge on any atom is 0.303 e. The van der Waals surface area contributed by atoms with Crippen LogP contribution >= 0.6 is 0 Å². The van der Waals surface area contributed by atoms with Gasteiger partial charge in [0.05, 0.1) is 19.0 Å². The Morgan fingerprint density at radius 1 is 1.43 bits per heavy atom. The first-order valence-electron chi connectivity index (χ1n) is 7.60. The molecular weight excluding hydrogens is 270 g/mol. The number of hydrogen-bond acceptors (Lipinski definition) is 5. The largest absolute Gasteiger partial charge is 0.481 e. The molecule has 2 heterocycles. The van der Waals surface area contributed by atoms with Crippen LogP contribution < -0.4 is 9.64 Å². The summed E-state index contributed by atoms with van der Waals surface area (Å²) in [4.78, 5) is 21.5. The zero-order valence-corrected chi connectivity index (χ0v) is 12.5. The molecule has 0 bridgehead atoms. The number of ether oxygens (including phenoxy) is 1. The molecule has 0 unspecified atom stereocenters. The second kappa shape index (κ2) is 7.81. The van der Waals surface area contributed by atoms with E-state index in [1.807, 2.05) is 0 Å². The zero-order valence-electron chi connectivity index (χ0n) is 12.5. The molecular formula is C15H23N3O3. The number of carbonyl (C=O) groups is 1. The molecule has 1 aromatic heterocycles. The highest BCUT2D eigenvalue weighted by Crippen LogP contribution is 2.25. The van der Waals surface area contributed by atoms with E-state index < -0.39 is 5.97 Å². The third-order valence-electron chi connectivity index (χ3n) is 3.76. The predicted octanol–water partition coefficient (Wildman–Crippen LogP) is 2.35. The van der Waals surface area contributed by atoms with Gasteiger partial charge in [0.15, 0.2) is 5.82 Å². The van der Waals surface area contributed by atoms with Crippen LogP contribution in [0.15, 0.2) is 12.4 Å². The van der Waals surface area contributed by atoms with E-state index in [9.17, 15) is 4.79 Å². The summed E-state index contributed by atoms with van der Waals surface area (Å²) in [6.45, 7) is 4.50. The number of hydrogen-bond donors (Lipinski definition) is 1. The summed E-state index contributed by atoms with van der Waals surface area (Å²) in [7, 11) is 0. The molecule has 1 aliphatic heterocycles. The Hall–Kier alpha value is -1.85. The second-order valence-corrected chi connectivity index (χ2v) is 5.43. The van der Waals surface area contributed by atoms with Gasteiger partial charge in [-0.25, -0.2) is 0 Å². The van der Waals surface area contributed by atoms with Gasteiger partial charge in [0.2, 0.25) is 5.88 Å². The van der Waals surface area contributed by atoms with Crippen LogP contribution in [-0.4, -0.2) is 40.7 Å². The number of rotatable bonds is 7. The fourth-order valence-electron chi connectivity index (χ4n) is 2.55. The molecule has 1 aromatic rings. The summed E-state index contributed by atoms with van der Waals surface area (Å²) in [6.07, 6.45) is 7.40. The molecule has 0 amide bonds. The Labute approximate surface area is 125 Å². The monoisotopic (exact) mass is 293 g/mol. The van der Waals surface area contributed by atoms with E-state index in [1.165, 1.54) is 0 Å². The summed E-state index contributed by atoms with van der Waals surface area (Å²) in [5.74, 6) is 1.22. The van der Waals surface area contributed by atoms with E-state index in [4.69, 9.17) is 9.84 Å². The molecule has 1 N–H and O–H groups in total. The van der Waals surface area contributed by atoms with Crippen LogP contribution in [0, 0.1) is 5.92 Å². The van der Waals surface area contributed by atoms with Gasteiger partial charge in [-0.05, 0) is 31.6 Å². The Bertz CT molecular complexity index is 459. The number of carboxylic acids is 1. The second-order valence-electron chi connectivity index (χ2n) is 5.43. The highest BCUT2D eigenvalue weighted by atomic mass is 16.5. The summed E-state index contributed by atoms with van der Waals surface area (Å²) >= 11 is 0. The predicted molar refractivity (Wildman–Crippen MR) is 79.6 cm³/mol. The van der Waals surface area contributed by atoms with Crippen LogP contribution in [0.1, 0.15) is 39.0 Å². The number of piperidine rings is 1. The molecule has 116 valence electrons. The van der Waals surface area contributed by atoms with E-state index in [1.54, 1.807) is 12.4 Å². The highest BCUT2D eigenvalue weighted by molar-refractivity contribution is 5.66. The van der Waals surface area contributed by atoms with Crippen molar-refractivity contribution < 1.29 is 14.6 Å². The molecule has 0 radical (unpaired) electrons. The van der Waals surface area contributed by atoms with Gasteiger partial charge >= 0.3 is 5.97 Å². The molecule has 1 saturated heterocycles. The minimum Gasteiger partial charge on any atom is -0.481 e. The summed E-state index contributed by atoms with van der Waals surface area (Å²) < 4.78 is 5.51. The van der Waals surface area contributed by atoms with Crippen LogP contribution in [0.3, 0.4) is 0 Å². The molecule has 1 fully saturated rings. The number of aliphatic carboxylic acids is 1. The third kappa shape index (κ3) is 4.88. The average Bonchev–Trinajstić information content (AvgIpc) is 2.51. The van der Waals surface area contributed by atoms with Crippen molar-refractivity contribution in [3.63, 3.8) is 0 Å². The smallest absolute Gasteiger partial charge is 0.303 e. The van der Waals surface area contributed by atoms with Crippen LogP contribution in [0.5, 0.6) is 5.88 Å². The number of anilines is 1. The van der Waals surface area contributed by atoms with Crippen LogP contribution in [0.4, 0.5) is 5.82 Å². The van der Waals surface area contributed by atoms with Gasteiger partial charge in [-0.1, -0.05) is 6.92 Å². The van der Waals surface area contributed by atoms with Crippen molar-refractivity contribution in [2.75, 3.05) is 24.6 Å². The Morgan fingerprint density at radius 3 is 2.86 bits per heavy atom. The summed E-state index contributed by atoms with van der Waals surface area (Å²) in [5, 5.41) is 8.73. The molecule has 6 heteroatoms. The molecule has 0 aromatic carbocycles. The van der Waals surface area contributed by atoms with Gasteiger partial charge < -0.3 is 14.7 Å². The first-order valence-corrected chi connectivity index (χ1v) is 7.60. The van der Waals surface area contributed by atoms with Crippen molar-refractivity contribution in [1.82, 2.24) is 9.97 Å². The molecule has 0 aliphatic carbocycles. The first-order chi connectivity index (χ1) is 10.2. The van der Waals surface area contributed by atoms with Gasteiger partial charge in [0, 0.05) is 19.5 Å². The Kier molecular flexibility index (Phi) is 5.78. The molecule has 0 saturated carbocycles. The molecule has 21 heavy (non-hydrogen) atoms. The lowest BCUT2D eigenvalue weighted by molar-refractivity contribution is -0.137.